The lowest BCUT2D eigenvalue weighted by atomic mass is 10.2. The van der Waals surface area contributed by atoms with Crippen molar-refractivity contribution in [1.82, 2.24) is 14.2 Å². The van der Waals surface area contributed by atoms with Gasteiger partial charge in [-0.25, -0.2) is 13.4 Å². The average Bonchev–Trinajstić information content (AvgIpc) is 3.46. The number of sulfonamides is 1. The van der Waals surface area contributed by atoms with E-state index >= 15 is 0 Å². The second-order valence-corrected chi connectivity index (χ2v) is 12.4. The lowest BCUT2D eigenvalue weighted by Crippen LogP contribution is -2.49. The van der Waals surface area contributed by atoms with Crippen molar-refractivity contribution in [2.24, 2.45) is 0 Å². The van der Waals surface area contributed by atoms with Gasteiger partial charge in [0.05, 0.1) is 14.6 Å². The first-order valence-corrected chi connectivity index (χ1v) is 13.3. The Morgan fingerprint density at radius 1 is 1.19 bits per heavy atom. The molecular formula is C20H24Cl2N4O3S3. The number of hydrogen-bond acceptors (Lipinski definition) is 7. The first-order chi connectivity index (χ1) is 14.8. The highest BCUT2D eigenvalue weighted by molar-refractivity contribution is 7.91. The molecule has 1 saturated heterocycles. The quantitative estimate of drug-likeness (QED) is 0.454. The second-order valence-electron chi connectivity index (χ2n) is 7.59. The van der Waals surface area contributed by atoms with Gasteiger partial charge in [-0.15, -0.1) is 23.7 Å². The number of thiophene rings is 1. The van der Waals surface area contributed by atoms with Gasteiger partial charge >= 0.3 is 0 Å². The van der Waals surface area contributed by atoms with Crippen LogP contribution in [0.15, 0.2) is 40.6 Å². The number of halogens is 2. The summed E-state index contributed by atoms with van der Waals surface area (Å²) in [6.07, 6.45) is 1.12. The molecule has 0 N–H and O–H groups in total. The number of likely N-dealkylation sites (N-methyl/N-ethyl adjacent to an activating group) is 1. The van der Waals surface area contributed by atoms with Crippen LogP contribution in [0, 0.1) is 0 Å². The van der Waals surface area contributed by atoms with Gasteiger partial charge in [0.1, 0.15) is 10.3 Å². The zero-order valence-corrected chi connectivity index (χ0v) is 21.6. The maximum Gasteiger partial charge on any atom is 0.253 e. The van der Waals surface area contributed by atoms with E-state index in [-0.39, 0.29) is 22.5 Å². The number of hydrogen-bond donors (Lipinski definition) is 0. The van der Waals surface area contributed by atoms with E-state index in [0.717, 1.165) is 21.6 Å². The van der Waals surface area contributed by atoms with Crippen LogP contribution in [-0.4, -0.2) is 68.3 Å². The lowest BCUT2D eigenvalue weighted by Gasteiger charge is -2.29. The maximum absolute atomic E-state index is 13.7. The van der Waals surface area contributed by atoms with Gasteiger partial charge in [-0.3, -0.25) is 9.69 Å². The largest absolute Gasteiger partial charge is 0.308 e. The molecule has 0 saturated carbocycles. The van der Waals surface area contributed by atoms with E-state index in [1.54, 1.807) is 11.0 Å². The van der Waals surface area contributed by atoms with Crippen molar-refractivity contribution < 1.29 is 13.2 Å². The number of carbonyl (C=O) groups is 1. The Morgan fingerprint density at radius 2 is 1.94 bits per heavy atom. The van der Waals surface area contributed by atoms with E-state index in [4.69, 9.17) is 11.6 Å². The van der Waals surface area contributed by atoms with Crippen LogP contribution in [0.1, 0.15) is 12.8 Å². The summed E-state index contributed by atoms with van der Waals surface area (Å²) in [4.78, 5) is 22.0. The molecule has 0 radical (unpaired) electrons. The van der Waals surface area contributed by atoms with Crippen molar-refractivity contribution in [2.75, 3.05) is 38.6 Å². The molecule has 7 nitrogen and oxygen atoms in total. The van der Waals surface area contributed by atoms with Gasteiger partial charge in [-0.2, -0.15) is 4.31 Å². The fourth-order valence-electron chi connectivity index (χ4n) is 3.58. The Hall–Kier alpha value is -1.27. The predicted molar refractivity (Wildman–Crippen MR) is 134 cm³/mol. The number of para-hydroxylation sites is 1. The van der Waals surface area contributed by atoms with E-state index in [0.29, 0.717) is 41.9 Å². The van der Waals surface area contributed by atoms with E-state index in [9.17, 15) is 13.2 Å². The molecule has 1 aromatic carbocycles. The third-order valence-electron chi connectivity index (χ3n) is 5.15. The smallest absolute Gasteiger partial charge is 0.253 e. The number of aromatic nitrogens is 1. The number of rotatable bonds is 7. The Kier molecular flexibility index (Phi) is 8.19. The molecule has 1 amide bonds. The van der Waals surface area contributed by atoms with Crippen molar-refractivity contribution in [3.63, 3.8) is 0 Å². The molecule has 0 spiro atoms. The summed E-state index contributed by atoms with van der Waals surface area (Å²) in [6, 6.07) is 10.0. The molecule has 1 unspecified atom stereocenters. The number of amides is 1. The zero-order chi connectivity index (χ0) is 22.2. The Bertz CT molecular complexity index is 1160. The molecule has 12 heteroatoms. The summed E-state index contributed by atoms with van der Waals surface area (Å²) in [5, 5.41) is 0.594. The monoisotopic (exact) mass is 534 g/mol. The van der Waals surface area contributed by atoms with Crippen molar-refractivity contribution in [3.8, 4) is 0 Å². The van der Waals surface area contributed by atoms with Crippen LogP contribution in [0.4, 0.5) is 5.13 Å². The van der Waals surface area contributed by atoms with Crippen molar-refractivity contribution in [3.05, 3.63) is 40.7 Å². The van der Waals surface area contributed by atoms with Crippen LogP contribution in [0.2, 0.25) is 4.34 Å². The van der Waals surface area contributed by atoms with E-state index in [2.05, 4.69) is 4.98 Å². The SMILES string of the molecule is CN(C)CCN(C(=O)C1CCCN1S(=O)(=O)c1ccc(Cl)s1)c1nc2ccccc2s1.Cl. The normalized spacial score (nSPS) is 17.1. The standard InChI is InChI=1S/C20H23ClN4O3S3.ClH/c1-23(2)12-13-24(20-22-14-6-3-4-8-16(14)29-20)19(26)15-7-5-11-25(15)31(27,28)18-10-9-17(21)30-18;/h3-4,6,8-10,15H,5,7,11-13H2,1-2H3;1H. The average molecular weight is 536 g/mol. The number of benzene rings is 1. The highest BCUT2D eigenvalue weighted by Crippen LogP contribution is 2.34. The number of nitrogens with zero attached hydrogens (tertiary/aromatic N) is 4. The molecule has 1 atom stereocenters. The molecule has 3 aromatic rings. The summed E-state index contributed by atoms with van der Waals surface area (Å²) in [6.45, 7) is 1.39. The van der Waals surface area contributed by atoms with Gasteiger partial charge in [-0.1, -0.05) is 35.1 Å². The molecule has 4 rings (SSSR count). The van der Waals surface area contributed by atoms with Crippen molar-refractivity contribution in [2.45, 2.75) is 23.1 Å². The minimum Gasteiger partial charge on any atom is -0.308 e. The van der Waals surface area contributed by atoms with Crippen molar-refractivity contribution >= 4 is 78.0 Å². The van der Waals surface area contributed by atoms with E-state index < -0.39 is 16.1 Å². The molecule has 1 aliphatic heterocycles. The van der Waals surface area contributed by atoms with E-state index in [1.165, 1.54) is 21.7 Å². The summed E-state index contributed by atoms with van der Waals surface area (Å²) in [7, 11) is 0.0855. The third-order valence-corrected chi connectivity index (χ3v) is 9.82. The maximum atomic E-state index is 13.7. The molecule has 0 bridgehead atoms. The number of fused-ring (bicyclic) bond motifs is 1. The van der Waals surface area contributed by atoms with Crippen LogP contribution in [0.25, 0.3) is 10.2 Å². The molecule has 32 heavy (non-hydrogen) atoms. The Labute approximate surface area is 207 Å². The summed E-state index contributed by atoms with van der Waals surface area (Å²) in [5.74, 6) is -0.232. The summed E-state index contributed by atoms with van der Waals surface area (Å²) < 4.78 is 29.3. The lowest BCUT2D eigenvalue weighted by molar-refractivity contribution is -0.121. The number of carbonyl (C=O) groups excluding carboxylic acids is 1. The van der Waals surface area contributed by atoms with Gasteiger partial charge in [0, 0.05) is 19.6 Å². The Balaban J connectivity index is 0.00000289. The first-order valence-electron chi connectivity index (χ1n) is 9.86. The third kappa shape index (κ3) is 5.11. The van der Waals surface area contributed by atoms with Crippen LogP contribution in [0.5, 0.6) is 0 Å². The van der Waals surface area contributed by atoms with E-state index in [1.807, 2.05) is 43.3 Å². The number of thiazole rings is 1. The van der Waals surface area contributed by atoms with Gasteiger partial charge in [-0.05, 0) is 51.2 Å². The zero-order valence-electron chi connectivity index (χ0n) is 17.6. The van der Waals surface area contributed by atoms with Gasteiger partial charge < -0.3 is 4.90 Å². The van der Waals surface area contributed by atoms with Crippen molar-refractivity contribution in [1.29, 1.82) is 0 Å². The van der Waals surface area contributed by atoms with Gasteiger partial charge in [0.25, 0.3) is 10.0 Å². The van der Waals surface area contributed by atoms with Gasteiger partial charge in [0.15, 0.2) is 5.13 Å². The van der Waals surface area contributed by atoms with Crippen LogP contribution < -0.4 is 4.90 Å². The highest BCUT2D eigenvalue weighted by Gasteiger charge is 2.42. The molecule has 1 fully saturated rings. The minimum atomic E-state index is -3.79. The second kappa shape index (κ2) is 10.3. The topological polar surface area (TPSA) is 73.8 Å². The first kappa shape index (κ1) is 25.4. The number of anilines is 1. The van der Waals surface area contributed by atoms with Crippen LogP contribution in [-0.2, 0) is 14.8 Å². The molecule has 2 aromatic heterocycles. The molecule has 174 valence electrons. The Morgan fingerprint density at radius 3 is 2.59 bits per heavy atom. The molecule has 0 aliphatic carbocycles. The highest BCUT2D eigenvalue weighted by atomic mass is 35.5. The van der Waals surface area contributed by atoms with Crippen LogP contribution in [0.3, 0.4) is 0 Å². The predicted octanol–water partition coefficient (Wildman–Crippen LogP) is 4.18. The summed E-state index contributed by atoms with van der Waals surface area (Å²) in [5.41, 5.74) is 0.828. The fourth-order valence-corrected chi connectivity index (χ4v) is 7.84. The molecule has 3 heterocycles. The summed E-state index contributed by atoms with van der Waals surface area (Å²) >= 11 is 8.42. The van der Waals surface area contributed by atoms with Crippen LogP contribution >= 0.6 is 46.7 Å². The molecular weight excluding hydrogens is 511 g/mol. The minimum absolute atomic E-state index is 0. The fraction of sp³-hybridized carbons (Fsp3) is 0.400. The van der Waals surface area contributed by atoms with Gasteiger partial charge in [0.2, 0.25) is 5.91 Å². The molecule has 1 aliphatic rings.